The van der Waals surface area contributed by atoms with Gasteiger partial charge in [-0.15, -0.1) is 0 Å². The normalized spacial score (nSPS) is 12.7. The second-order valence-electron chi connectivity index (χ2n) is 9.07. The largest absolute Gasteiger partial charge is 0.352 e. The van der Waals surface area contributed by atoms with Crippen molar-refractivity contribution in [3.63, 3.8) is 0 Å². The minimum absolute atomic E-state index is 0.138. The molecule has 3 aromatic carbocycles. The molecule has 180 valence electrons. The molecule has 1 aliphatic rings. The number of carbonyl (C=O) groups excluding carboxylic acids is 1. The highest BCUT2D eigenvalue weighted by molar-refractivity contribution is 5.98. The molecule has 4 aromatic rings. The van der Waals surface area contributed by atoms with E-state index < -0.39 is 0 Å². The Morgan fingerprint density at radius 3 is 2.39 bits per heavy atom. The van der Waals surface area contributed by atoms with E-state index in [9.17, 15) is 9.18 Å². The molecule has 0 bridgehead atoms. The van der Waals surface area contributed by atoms with E-state index in [1.54, 1.807) is 24.3 Å². The molecule has 0 fully saturated rings. The van der Waals surface area contributed by atoms with Crippen LogP contribution in [0, 0.1) is 19.7 Å². The van der Waals surface area contributed by atoms with Gasteiger partial charge in [0, 0.05) is 41.6 Å². The molecule has 6 heteroatoms. The third-order valence-electron chi connectivity index (χ3n) is 6.47. The molecule has 0 saturated heterocycles. The molecule has 0 unspecified atom stereocenters. The Kier molecular flexibility index (Phi) is 6.67. The monoisotopic (exact) mass is 478 g/mol. The lowest BCUT2D eigenvalue weighted by molar-refractivity contribution is 0.0953. The third kappa shape index (κ3) is 5.08. The van der Waals surface area contributed by atoms with Gasteiger partial charge >= 0.3 is 0 Å². The number of aryl methyl sites for hydroxylation is 2. The number of halogens is 1. The van der Waals surface area contributed by atoms with Crippen molar-refractivity contribution in [3.05, 3.63) is 95.4 Å². The van der Waals surface area contributed by atoms with E-state index in [0.717, 1.165) is 41.7 Å². The highest BCUT2D eigenvalue weighted by atomic mass is 19.1. The van der Waals surface area contributed by atoms with Crippen LogP contribution in [0.25, 0.3) is 33.5 Å². The molecular formula is C30H27FN4O. The van der Waals surface area contributed by atoms with Crippen LogP contribution in [0.5, 0.6) is 0 Å². The summed E-state index contributed by atoms with van der Waals surface area (Å²) in [5, 5.41) is 2.99. The molecule has 0 spiro atoms. The first-order chi connectivity index (χ1) is 17.5. The van der Waals surface area contributed by atoms with Gasteiger partial charge in [-0.2, -0.15) is 0 Å². The van der Waals surface area contributed by atoms with Crippen molar-refractivity contribution in [2.75, 3.05) is 6.54 Å². The van der Waals surface area contributed by atoms with Gasteiger partial charge in [-0.1, -0.05) is 18.2 Å². The molecule has 5 rings (SSSR count). The number of nitrogens with one attached hydrogen (secondary N) is 1. The summed E-state index contributed by atoms with van der Waals surface area (Å²) in [6, 6.07) is 17.8. The van der Waals surface area contributed by atoms with E-state index in [4.69, 9.17) is 9.97 Å². The zero-order valence-corrected chi connectivity index (χ0v) is 20.4. The Morgan fingerprint density at radius 1 is 0.889 bits per heavy atom. The number of benzene rings is 3. The number of nitrogens with zero attached hydrogens (tertiary/aromatic N) is 3. The van der Waals surface area contributed by atoms with Gasteiger partial charge in [0.05, 0.1) is 22.4 Å². The SMILES string of the molecule is Cc1ccc(-c2nc3cc(C(=O)NCCCC4=NC=CC4)ccc3nc2-c2ccc(F)cc2)cc1C. The molecule has 0 saturated carbocycles. The molecule has 1 N–H and O–H groups in total. The maximum absolute atomic E-state index is 13.6. The molecule has 1 amide bonds. The summed E-state index contributed by atoms with van der Waals surface area (Å²) >= 11 is 0. The summed E-state index contributed by atoms with van der Waals surface area (Å²) in [5.74, 6) is -0.440. The van der Waals surface area contributed by atoms with Gasteiger partial charge in [-0.3, -0.25) is 9.79 Å². The Morgan fingerprint density at radius 2 is 1.64 bits per heavy atom. The van der Waals surface area contributed by atoms with Crippen LogP contribution in [0.15, 0.2) is 77.9 Å². The predicted octanol–water partition coefficient (Wildman–Crippen LogP) is 6.59. The van der Waals surface area contributed by atoms with Crippen molar-refractivity contribution < 1.29 is 9.18 Å². The molecule has 1 aromatic heterocycles. The fourth-order valence-corrected chi connectivity index (χ4v) is 4.26. The van der Waals surface area contributed by atoms with Crippen molar-refractivity contribution in [1.82, 2.24) is 15.3 Å². The summed E-state index contributed by atoms with van der Waals surface area (Å²) in [7, 11) is 0. The summed E-state index contributed by atoms with van der Waals surface area (Å²) in [6.45, 7) is 4.71. The lowest BCUT2D eigenvalue weighted by Crippen LogP contribution is -2.24. The summed E-state index contributed by atoms with van der Waals surface area (Å²) in [4.78, 5) is 27.0. The number of hydrogen-bond donors (Lipinski definition) is 1. The molecular weight excluding hydrogens is 451 g/mol. The quantitative estimate of drug-likeness (QED) is 0.305. The molecule has 36 heavy (non-hydrogen) atoms. The topological polar surface area (TPSA) is 67.2 Å². The smallest absolute Gasteiger partial charge is 0.251 e. The Hall–Kier alpha value is -4.19. The van der Waals surface area contributed by atoms with Gasteiger partial charge in [0.2, 0.25) is 0 Å². The fraction of sp³-hybridized carbons (Fsp3) is 0.200. The first-order valence-electron chi connectivity index (χ1n) is 12.1. The zero-order valence-electron chi connectivity index (χ0n) is 20.4. The van der Waals surface area contributed by atoms with Crippen LogP contribution in [-0.2, 0) is 0 Å². The van der Waals surface area contributed by atoms with Gasteiger partial charge in [0.15, 0.2) is 0 Å². The van der Waals surface area contributed by atoms with Crippen LogP contribution >= 0.6 is 0 Å². The highest BCUT2D eigenvalue weighted by Gasteiger charge is 2.16. The number of amides is 1. The standard InChI is InChI=1S/C30H27FN4O/c1-19-7-8-22(17-20(19)2)29-28(21-9-12-24(31)13-10-21)34-26-14-11-23(18-27(26)35-29)30(36)33-16-4-6-25-5-3-15-32-25/h3,7-15,17-18H,4-6,16H2,1-2H3,(H,33,36). The summed E-state index contributed by atoms with van der Waals surface area (Å²) in [6.07, 6.45) is 6.50. The van der Waals surface area contributed by atoms with Crippen LogP contribution in [0.2, 0.25) is 0 Å². The lowest BCUT2D eigenvalue weighted by Gasteiger charge is -2.13. The number of hydrogen-bond acceptors (Lipinski definition) is 4. The van der Waals surface area contributed by atoms with Crippen molar-refractivity contribution in [1.29, 1.82) is 0 Å². The molecule has 5 nitrogen and oxygen atoms in total. The van der Waals surface area contributed by atoms with Crippen LogP contribution in [0.1, 0.15) is 40.7 Å². The van der Waals surface area contributed by atoms with E-state index >= 15 is 0 Å². The second kappa shape index (κ2) is 10.2. The van der Waals surface area contributed by atoms with Crippen molar-refractivity contribution in [3.8, 4) is 22.5 Å². The first-order valence-corrected chi connectivity index (χ1v) is 12.1. The van der Waals surface area contributed by atoms with Crippen molar-refractivity contribution in [2.24, 2.45) is 4.99 Å². The van der Waals surface area contributed by atoms with Crippen molar-refractivity contribution in [2.45, 2.75) is 33.1 Å². The van der Waals surface area contributed by atoms with E-state index in [1.165, 1.54) is 17.7 Å². The number of carbonyl (C=O) groups is 1. The van der Waals surface area contributed by atoms with Crippen LogP contribution < -0.4 is 5.32 Å². The molecule has 0 atom stereocenters. The third-order valence-corrected chi connectivity index (χ3v) is 6.47. The van der Waals surface area contributed by atoms with Crippen LogP contribution in [-0.4, -0.2) is 28.1 Å². The van der Waals surface area contributed by atoms with E-state index in [0.29, 0.717) is 34.5 Å². The second-order valence-corrected chi connectivity index (χ2v) is 9.07. The molecule has 1 aliphatic heterocycles. The summed E-state index contributed by atoms with van der Waals surface area (Å²) in [5.41, 5.74) is 8.40. The van der Waals surface area contributed by atoms with Gasteiger partial charge in [-0.05, 0) is 86.3 Å². The Bertz CT molecular complexity index is 1510. The Balaban J connectivity index is 1.46. The number of allylic oxidation sites excluding steroid dienone is 1. The van der Waals surface area contributed by atoms with E-state index in [1.807, 2.05) is 24.4 Å². The average Bonchev–Trinajstić information content (AvgIpc) is 3.41. The number of aliphatic imine (C=N–C) groups is 1. The van der Waals surface area contributed by atoms with E-state index in [-0.39, 0.29) is 11.7 Å². The minimum atomic E-state index is -0.302. The summed E-state index contributed by atoms with van der Waals surface area (Å²) < 4.78 is 13.6. The maximum atomic E-state index is 13.6. The lowest BCUT2D eigenvalue weighted by atomic mass is 9.99. The molecule has 0 radical (unpaired) electrons. The zero-order chi connectivity index (χ0) is 25.1. The number of aromatic nitrogens is 2. The van der Waals surface area contributed by atoms with Crippen molar-refractivity contribution >= 4 is 22.7 Å². The number of fused-ring (bicyclic) bond motifs is 1. The van der Waals surface area contributed by atoms with Gasteiger partial charge in [0.25, 0.3) is 5.91 Å². The van der Waals surface area contributed by atoms with Gasteiger partial charge in [-0.25, -0.2) is 14.4 Å². The van der Waals surface area contributed by atoms with Crippen LogP contribution in [0.3, 0.4) is 0 Å². The predicted molar refractivity (Wildman–Crippen MR) is 143 cm³/mol. The maximum Gasteiger partial charge on any atom is 0.251 e. The average molecular weight is 479 g/mol. The highest BCUT2D eigenvalue weighted by Crippen LogP contribution is 2.32. The Labute approximate surface area is 209 Å². The first kappa shape index (κ1) is 23.5. The van der Waals surface area contributed by atoms with Gasteiger partial charge < -0.3 is 5.32 Å². The van der Waals surface area contributed by atoms with Crippen LogP contribution in [0.4, 0.5) is 4.39 Å². The molecule has 2 heterocycles. The fourth-order valence-electron chi connectivity index (χ4n) is 4.26. The van der Waals surface area contributed by atoms with E-state index in [2.05, 4.69) is 36.3 Å². The molecule has 0 aliphatic carbocycles. The minimum Gasteiger partial charge on any atom is -0.352 e. The number of rotatable bonds is 7. The van der Waals surface area contributed by atoms with Gasteiger partial charge in [0.1, 0.15) is 5.82 Å².